The molecule has 0 N–H and O–H groups in total. The molecule has 0 radical (unpaired) electrons. The van der Waals surface area contributed by atoms with Gasteiger partial charge in [0.2, 0.25) is 0 Å². The second-order valence-corrected chi connectivity index (χ2v) is 31.4. The largest absolute Gasteiger partial charge is 0.455 e. The van der Waals surface area contributed by atoms with Crippen molar-refractivity contribution in [2.75, 3.05) is 4.90 Å². The van der Waals surface area contributed by atoms with Crippen molar-refractivity contribution >= 4 is 126 Å². The molecule has 0 saturated heterocycles. The number of anilines is 3. The maximum atomic E-state index is 6.40. The van der Waals surface area contributed by atoms with Crippen molar-refractivity contribution in [3.8, 4) is 83.8 Å². The summed E-state index contributed by atoms with van der Waals surface area (Å²) in [5.74, 6) is 0. The number of nitrogens with zero attached hydrogens (tertiary/aromatic N) is 4. The third-order valence-electron chi connectivity index (χ3n) is 24.6. The van der Waals surface area contributed by atoms with Crippen LogP contribution in [-0.2, 0) is 5.41 Å². The van der Waals surface area contributed by atoms with E-state index in [4.69, 9.17) is 8.83 Å². The molecule has 5 aromatic heterocycles. The van der Waals surface area contributed by atoms with E-state index in [1.54, 1.807) is 0 Å². The van der Waals surface area contributed by atoms with Crippen LogP contribution >= 0.6 is 0 Å². The standard InChI is InChI=1S/C63H44N2O.C48H30N2O/c1-63(2)57-20-9-6-15-51(57)52-37-36-49(40-58(52)63)64(46-30-23-42(24-31-46)41-13-4-3-5-14-41)47-32-25-43(26-33-47)45-29-38-60-56(39-45)53-16-7-10-21-59(53)65(60)48-34-27-44(28-35-48)50-18-12-19-55-54-17-8-11-22-61(54)66-62(50)55;1-2-11-34(12-3-1)49-43-18-7-4-13-37(43)41-29-32(23-27-45(41)49)33-24-28-46-42(30-33)38-14-5-8-19-44(38)50(46)35-25-21-31(22-26-35)36-16-10-17-40-39-15-6-9-20-47(39)51-48(36)40/h3-40H,1-2H3;1-30H. The summed E-state index contributed by atoms with van der Waals surface area (Å²) in [6.45, 7) is 4.70. The first-order valence-corrected chi connectivity index (χ1v) is 40.3. The quantitative estimate of drug-likeness (QED) is 0.130. The second-order valence-electron chi connectivity index (χ2n) is 31.4. The van der Waals surface area contributed by atoms with Crippen molar-refractivity contribution in [1.82, 2.24) is 13.7 Å². The summed E-state index contributed by atoms with van der Waals surface area (Å²) in [5.41, 5.74) is 34.6. The summed E-state index contributed by atoms with van der Waals surface area (Å²) < 4.78 is 19.9. The van der Waals surface area contributed by atoms with E-state index >= 15 is 0 Å². The first kappa shape index (κ1) is 67.5. The van der Waals surface area contributed by atoms with Crippen LogP contribution in [0.5, 0.6) is 0 Å². The fraction of sp³-hybridized carbons (Fsp3) is 0.0270. The van der Waals surface area contributed by atoms with Gasteiger partial charge in [-0.15, -0.1) is 0 Å². The molecule has 0 fully saturated rings. The normalized spacial score (nSPS) is 12.4. The summed E-state index contributed by atoms with van der Waals surface area (Å²) in [5, 5.41) is 12.0. The minimum absolute atomic E-state index is 0.106. The molecular formula is C111H74N4O2. The van der Waals surface area contributed by atoms with E-state index in [2.05, 4.69) is 421 Å². The lowest BCUT2D eigenvalue weighted by molar-refractivity contribution is 0.660. The number of hydrogen-bond donors (Lipinski definition) is 0. The van der Waals surface area contributed by atoms with Crippen LogP contribution in [0.4, 0.5) is 17.1 Å². The molecule has 23 aromatic rings. The maximum absolute atomic E-state index is 6.40. The average molecular weight is 1500 g/mol. The minimum Gasteiger partial charge on any atom is -0.455 e. The molecule has 0 spiro atoms. The van der Waals surface area contributed by atoms with E-state index < -0.39 is 0 Å². The van der Waals surface area contributed by atoms with Crippen molar-refractivity contribution in [3.05, 3.63) is 424 Å². The lowest BCUT2D eigenvalue weighted by Crippen LogP contribution is -2.16. The third kappa shape index (κ3) is 11.0. The molecule has 6 heteroatoms. The Bertz CT molecular complexity index is 7870. The predicted octanol–water partition coefficient (Wildman–Crippen LogP) is 30.6. The van der Waals surface area contributed by atoms with Gasteiger partial charge in [-0.2, -0.15) is 0 Å². The second kappa shape index (κ2) is 27.0. The van der Waals surface area contributed by atoms with E-state index in [9.17, 15) is 0 Å². The molecule has 5 heterocycles. The van der Waals surface area contributed by atoms with Gasteiger partial charge < -0.3 is 27.4 Å². The highest BCUT2D eigenvalue weighted by Crippen LogP contribution is 2.52. The summed E-state index contributed by atoms with van der Waals surface area (Å²) >= 11 is 0. The number of rotatable bonds is 11. The summed E-state index contributed by atoms with van der Waals surface area (Å²) in [6, 6.07) is 149. The number of hydrogen-bond acceptors (Lipinski definition) is 3. The molecular weight excluding hydrogens is 1420 g/mol. The molecule has 0 atom stereocenters. The average Bonchev–Trinajstić information content (AvgIpc) is 1.56. The van der Waals surface area contributed by atoms with Crippen LogP contribution in [0.25, 0.3) is 193 Å². The Morgan fingerprint density at radius 2 is 0.530 bits per heavy atom. The van der Waals surface area contributed by atoms with Crippen molar-refractivity contribution in [1.29, 1.82) is 0 Å². The van der Waals surface area contributed by atoms with Crippen molar-refractivity contribution in [2.45, 2.75) is 19.3 Å². The van der Waals surface area contributed by atoms with E-state index in [1.807, 2.05) is 24.3 Å². The Balaban J connectivity index is 0.000000142. The first-order valence-electron chi connectivity index (χ1n) is 40.3. The minimum atomic E-state index is -0.106. The molecule has 117 heavy (non-hydrogen) atoms. The number of aromatic nitrogens is 3. The Morgan fingerprint density at radius 3 is 1.01 bits per heavy atom. The Hall–Kier alpha value is -15.2. The number of furan rings is 2. The first-order chi connectivity index (χ1) is 57.8. The lowest BCUT2D eigenvalue weighted by atomic mass is 9.82. The zero-order valence-corrected chi connectivity index (χ0v) is 64.4. The number of para-hydroxylation sites is 8. The summed E-state index contributed by atoms with van der Waals surface area (Å²) in [6.07, 6.45) is 0. The number of fused-ring (bicyclic) bond motifs is 18. The van der Waals surface area contributed by atoms with Crippen molar-refractivity contribution < 1.29 is 8.83 Å². The fourth-order valence-corrected chi connectivity index (χ4v) is 18.9. The molecule has 0 saturated carbocycles. The van der Waals surface area contributed by atoms with Crippen LogP contribution in [0.1, 0.15) is 25.0 Å². The Morgan fingerprint density at radius 1 is 0.205 bits per heavy atom. The molecule has 0 amide bonds. The number of benzene rings is 18. The van der Waals surface area contributed by atoms with Gasteiger partial charge >= 0.3 is 0 Å². The molecule has 1 aliphatic carbocycles. The molecule has 0 bridgehead atoms. The molecule has 1 aliphatic rings. The SMILES string of the molecule is CC1(C)c2ccccc2-c2ccc(N(c3ccc(-c4ccccc4)cc3)c3ccc(-c4ccc5c(c4)c4ccccc4n5-c4ccc(-c5cccc6c5oc5ccccc56)cc4)cc3)cc21.c1ccc(-n2c3ccccc3c3cc(-c4ccc5c(c4)c4ccccc4n5-c4ccc(-c5cccc6c5oc5ccccc56)cc4)ccc32)cc1. The van der Waals surface area contributed by atoms with Gasteiger partial charge in [0.1, 0.15) is 22.3 Å². The van der Waals surface area contributed by atoms with E-state index in [-0.39, 0.29) is 5.41 Å². The summed E-state index contributed by atoms with van der Waals surface area (Å²) in [4.78, 5) is 2.40. The zero-order valence-electron chi connectivity index (χ0n) is 64.4. The lowest BCUT2D eigenvalue weighted by Gasteiger charge is -2.28. The van der Waals surface area contributed by atoms with Gasteiger partial charge in [-0.25, -0.2) is 0 Å². The predicted molar refractivity (Wildman–Crippen MR) is 490 cm³/mol. The van der Waals surface area contributed by atoms with Crippen LogP contribution in [0.3, 0.4) is 0 Å². The maximum Gasteiger partial charge on any atom is 0.143 e. The van der Waals surface area contributed by atoms with E-state index in [0.29, 0.717) is 0 Å². The van der Waals surface area contributed by atoms with Crippen LogP contribution in [0, 0.1) is 0 Å². The molecule has 24 rings (SSSR count). The van der Waals surface area contributed by atoms with Gasteiger partial charge in [-0.05, 0) is 206 Å². The monoisotopic (exact) mass is 1490 g/mol. The molecule has 6 nitrogen and oxygen atoms in total. The Labute approximate surface area is 676 Å². The van der Waals surface area contributed by atoms with Crippen LogP contribution < -0.4 is 4.90 Å². The molecule has 0 aliphatic heterocycles. The smallest absolute Gasteiger partial charge is 0.143 e. The van der Waals surface area contributed by atoms with Crippen LogP contribution in [-0.4, -0.2) is 13.7 Å². The molecule has 18 aromatic carbocycles. The van der Waals surface area contributed by atoms with Gasteiger partial charge in [-0.3, -0.25) is 0 Å². The van der Waals surface area contributed by atoms with Crippen LogP contribution in [0.2, 0.25) is 0 Å². The molecule has 0 unspecified atom stereocenters. The van der Waals surface area contributed by atoms with Gasteiger partial charge in [0, 0.05) is 105 Å². The zero-order chi connectivity index (χ0) is 77.4. The van der Waals surface area contributed by atoms with Gasteiger partial charge in [0.05, 0.1) is 33.1 Å². The van der Waals surface area contributed by atoms with Crippen LogP contribution in [0.15, 0.2) is 421 Å². The fourth-order valence-electron chi connectivity index (χ4n) is 18.9. The van der Waals surface area contributed by atoms with E-state index in [0.717, 1.165) is 94.6 Å². The van der Waals surface area contributed by atoms with Crippen molar-refractivity contribution in [2.24, 2.45) is 0 Å². The van der Waals surface area contributed by atoms with Gasteiger partial charge in [0.25, 0.3) is 0 Å². The highest BCUT2D eigenvalue weighted by Gasteiger charge is 2.36. The third-order valence-corrected chi connectivity index (χ3v) is 24.6. The van der Waals surface area contributed by atoms with Gasteiger partial charge in [0.15, 0.2) is 0 Å². The molecule has 550 valence electrons. The van der Waals surface area contributed by atoms with E-state index in [1.165, 1.54) is 127 Å². The topological polar surface area (TPSA) is 44.3 Å². The highest BCUT2D eigenvalue weighted by molar-refractivity contribution is 6.15. The van der Waals surface area contributed by atoms with Gasteiger partial charge in [-0.1, -0.05) is 287 Å². The highest BCUT2D eigenvalue weighted by atomic mass is 16.3. The van der Waals surface area contributed by atoms with Crippen molar-refractivity contribution in [3.63, 3.8) is 0 Å². The summed E-state index contributed by atoms with van der Waals surface area (Å²) in [7, 11) is 0. The Kier molecular flexibility index (Phi) is 15.6.